The Kier molecular flexibility index (Phi) is 4.51. The van der Waals surface area contributed by atoms with Crippen molar-refractivity contribution >= 4 is 23.4 Å². The fraction of sp³-hybridized carbons (Fsp3) is 0.211. The standard InChI is InChI=1S/C19H18N4OS/c1-23(2)15-8-6-13(7-9-15)19(14-5-4-10-21-12-14)16(11-20)17(25-3)22-18(19)24/h4-10,12H,1-3H3,(H,22,24). The first-order valence-corrected chi connectivity index (χ1v) is 8.96. The zero-order chi connectivity index (χ0) is 18.0. The second-order valence-corrected chi connectivity index (χ2v) is 6.72. The first-order chi connectivity index (χ1) is 12.1. The average Bonchev–Trinajstić information content (AvgIpc) is 2.94. The van der Waals surface area contributed by atoms with E-state index in [1.807, 2.05) is 55.6 Å². The van der Waals surface area contributed by atoms with Crippen molar-refractivity contribution in [2.24, 2.45) is 0 Å². The van der Waals surface area contributed by atoms with E-state index in [2.05, 4.69) is 16.4 Å². The van der Waals surface area contributed by atoms with E-state index in [0.717, 1.165) is 11.3 Å². The smallest absolute Gasteiger partial charge is 0.245 e. The van der Waals surface area contributed by atoms with Crippen molar-refractivity contribution in [3.8, 4) is 6.07 Å². The number of anilines is 1. The zero-order valence-corrected chi connectivity index (χ0v) is 15.1. The maximum atomic E-state index is 13.1. The van der Waals surface area contributed by atoms with E-state index < -0.39 is 5.41 Å². The molecule has 0 fully saturated rings. The SMILES string of the molecule is CSC1=C(C#N)C(c2ccc(N(C)C)cc2)(c2cccnc2)C(=O)N1. The molecule has 1 aromatic carbocycles. The molecule has 1 aliphatic heterocycles. The number of nitrogens with one attached hydrogen (secondary N) is 1. The Balaban J connectivity index is 2.30. The number of thioether (sulfide) groups is 1. The van der Waals surface area contributed by atoms with E-state index >= 15 is 0 Å². The van der Waals surface area contributed by atoms with Crippen molar-refractivity contribution in [3.63, 3.8) is 0 Å². The zero-order valence-electron chi connectivity index (χ0n) is 14.3. The maximum Gasteiger partial charge on any atom is 0.245 e. The summed E-state index contributed by atoms with van der Waals surface area (Å²) in [4.78, 5) is 19.3. The molecule has 1 aromatic heterocycles. The summed E-state index contributed by atoms with van der Waals surface area (Å²) in [5.41, 5.74) is 1.70. The van der Waals surface area contributed by atoms with Gasteiger partial charge in [-0.25, -0.2) is 0 Å². The topological polar surface area (TPSA) is 69.0 Å². The molecule has 5 nitrogen and oxygen atoms in total. The van der Waals surface area contributed by atoms with Gasteiger partial charge in [0, 0.05) is 32.2 Å². The minimum atomic E-state index is -1.17. The van der Waals surface area contributed by atoms with Crippen LogP contribution in [0.5, 0.6) is 0 Å². The van der Waals surface area contributed by atoms with Gasteiger partial charge in [0.2, 0.25) is 5.91 Å². The van der Waals surface area contributed by atoms with Crippen LogP contribution in [0.15, 0.2) is 59.4 Å². The lowest BCUT2D eigenvalue weighted by Gasteiger charge is -2.28. The van der Waals surface area contributed by atoms with Crippen molar-refractivity contribution < 1.29 is 4.79 Å². The minimum absolute atomic E-state index is 0.223. The van der Waals surface area contributed by atoms with Gasteiger partial charge >= 0.3 is 0 Å². The lowest BCUT2D eigenvalue weighted by molar-refractivity contribution is -0.122. The van der Waals surface area contributed by atoms with Crippen LogP contribution in [0.3, 0.4) is 0 Å². The largest absolute Gasteiger partial charge is 0.378 e. The van der Waals surface area contributed by atoms with Gasteiger partial charge in [-0.2, -0.15) is 5.26 Å². The predicted octanol–water partition coefficient (Wildman–Crippen LogP) is 2.66. The highest BCUT2D eigenvalue weighted by molar-refractivity contribution is 8.02. The normalized spacial score (nSPS) is 19.5. The van der Waals surface area contributed by atoms with Crippen molar-refractivity contribution in [2.45, 2.75) is 5.41 Å². The fourth-order valence-corrected chi connectivity index (χ4v) is 3.74. The van der Waals surface area contributed by atoms with Gasteiger partial charge in [-0.1, -0.05) is 18.2 Å². The summed E-state index contributed by atoms with van der Waals surface area (Å²) >= 11 is 1.37. The number of amides is 1. The molecule has 0 saturated heterocycles. The van der Waals surface area contributed by atoms with Gasteiger partial charge in [-0.05, 0) is 35.6 Å². The number of carbonyl (C=O) groups is 1. The van der Waals surface area contributed by atoms with Crippen molar-refractivity contribution in [3.05, 3.63) is 70.5 Å². The third-order valence-electron chi connectivity index (χ3n) is 4.40. The number of nitrogens with zero attached hydrogens (tertiary/aromatic N) is 3. The van der Waals surface area contributed by atoms with Gasteiger partial charge in [-0.3, -0.25) is 9.78 Å². The van der Waals surface area contributed by atoms with E-state index in [4.69, 9.17) is 0 Å². The molecule has 2 aromatic rings. The first kappa shape index (κ1) is 17.1. The average molecular weight is 350 g/mol. The van der Waals surface area contributed by atoms with Gasteiger partial charge in [0.1, 0.15) is 5.41 Å². The molecule has 1 amide bonds. The Labute approximate surface area is 151 Å². The van der Waals surface area contributed by atoms with E-state index in [0.29, 0.717) is 16.2 Å². The Morgan fingerprint density at radius 3 is 2.44 bits per heavy atom. The molecule has 25 heavy (non-hydrogen) atoms. The highest BCUT2D eigenvalue weighted by Crippen LogP contribution is 2.45. The van der Waals surface area contributed by atoms with Crippen LogP contribution in [-0.2, 0) is 10.2 Å². The van der Waals surface area contributed by atoms with Crippen LogP contribution < -0.4 is 10.2 Å². The minimum Gasteiger partial charge on any atom is -0.378 e. The van der Waals surface area contributed by atoms with Crippen LogP contribution in [0.4, 0.5) is 5.69 Å². The van der Waals surface area contributed by atoms with E-state index in [9.17, 15) is 10.1 Å². The molecule has 1 unspecified atom stereocenters. The number of benzene rings is 1. The molecule has 0 spiro atoms. The van der Waals surface area contributed by atoms with Crippen molar-refractivity contribution in [1.82, 2.24) is 10.3 Å². The molecule has 0 aliphatic carbocycles. The molecule has 0 saturated carbocycles. The molecule has 1 aliphatic rings. The summed E-state index contributed by atoms with van der Waals surface area (Å²) in [7, 11) is 3.92. The summed E-state index contributed by atoms with van der Waals surface area (Å²) in [5, 5.41) is 13.3. The highest BCUT2D eigenvalue weighted by atomic mass is 32.2. The molecule has 2 heterocycles. The molecule has 1 atom stereocenters. The van der Waals surface area contributed by atoms with Gasteiger partial charge in [0.05, 0.1) is 16.7 Å². The summed E-state index contributed by atoms with van der Waals surface area (Å²) in [6.07, 6.45) is 5.16. The van der Waals surface area contributed by atoms with E-state index in [-0.39, 0.29) is 5.91 Å². The van der Waals surface area contributed by atoms with Crippen LogP contribution in [0.1, 0.15) is 11.1 Å². The lowest BCUT2D eigenvalue weighted by atomic mass is 9.70. The van der Waals surface area contributed by atoms with E-state index in [1.54, 1.807) is 18.5 Å². The van der Waals surface area contributed by atoms with Gasteiger partial charge < -0.3 is 10.2 Å². The predicted molar refractivity (Wildman–Crippen MR) is 100 cm³/mol. The Hall–Kier alpha value is -2.78. The third-order valence-corrected chi connectivity index (χ3v) is 5.11. The first-order valence-electron chi connectivity index (χ1n) is 7.74. The lowest BCUT2D eigenvalue weighted by Crippen LogP contribution is -2.39. The number of aromatic nitrogens is 1. The van der Waals surface area contributed by atoms with Crippen LogP contribution in [0, 0.1) is 11.3 Å². The molecule has 126 valence electrons. The van der Waals surface area contributed by atoms with Gasteiger partial charge in [-0.15, -0.1) is 11.8 Å². The van der Waals surface area contributed by atoms with Gasteiger partial charge in [0.15, 0.2) is 0 Å². The number of hydrogen-bond donors (Lipinski definition) is 1. The number of carbonyl (C=O) groups excluding carboxylic acids is 1. The second kappa shape index (κ2) is 6.61. The van der Waals surface area contributed by atoms with Crippen LogP contribution in [-0.4, -0.2) is 31.2 Å². The third kappa shape index (κ3) is 2.57. The summed E-state index contributed by atoms with van der Waals surface area (Å²) in [6, 6.07) is 13.6. The van der Waals surface area contributed by atoms with Crippen LogP contribution in [0.25, 0.3) is 0 Å². The molecule has 6 heteroatoms. The van der Waals surface area contributed by atoms with Crippen LogP contribution >= 0.6 is 11.8 Å². The summed E-state index contributed by atoms with van der Waals surface area (Å²) < 4.78 is 0. The number of pyridine rings is 1. The Morgan fingerprint density at radius 1 is 1.20 bits per heavy atom. The molecule has 1 N–H and O–H groups in total. The molecule has 3 rings (SSSR count). The highest BCUT2D eigenvalue weighted by Gasteiger charge is 2.52. The quantitative estimate of drug-likeness (QED) is 0.918. The molecular formula is C19H18N4OS. The van der Waals surface area contributed by atoms with E-state index in [1.165, 1.54) is 11.8 Å². The van der Waals surface area contributed by atoms with Crippen molar-refractivity contribution in [1.29, 1.82) is 5.26 Å². The number of rotatable bonds is 4. The Bertz CT molecular complexity index is 869. The molecule has 0 bridgehead atoms. The Morgan fingerprint density at radius 2 is 1.92 bits per heavy atom. The summed E-state index contributed by atoms with van der Waals surface area (Å²) in [6.45, 7) is 0. The molecule has 0 radical (unpaired) electrons. The maximum absolute atomic E-state index is 13.1. The second-order valence-electron chi connectivity index (χ2n) is 5.91. The van der Waals surface area contributed by atoms with Crippen LogP contribution in [0.2, 0.25) is 0 Å². The van der Waals surface area contributed by atoms with Gasteiger partial charge in [0.25, 0.3) is 0 Å². The number of nitriles is 1. The molecular weight excluding hydrogens is 332 g/mol. The fourth-order valence-electron chi connectivity index (χ4n) is 3.14. The summed E-state index contributed by atoms with van der Waals surface area (Å²) in [5.74, 6) is -0.223. The monoisotopic (exact) mass is 350 g/mol. The van der Waals surface area contributed by atoms with Crippen molar-refractivity contribution in [2.75, 3.05) is 25.3 Å². The number of hydrogen-bond acceptors (Lipinski definition) is 5.